The van der Waals surface area contributed by atoms with Gasteiger partial charge < -0.3 is 9.88 Å². The molecule has 0 saturated carbocycles. The predicted octanol–water partition coefficient (Wildman–Crippen LogP) is 3.05. The van der Waals surface area contributed by atoms with E-state index in [0.29, 0.717) is 0 Å². The minimum absolute atomic E-state index is 0.0194. The summed E-state index contributed by atoms with van der Waals surface area (Å²) in [6.45, 7) is 2.96. The lowest BCUT2D eigenvalue weighted by atomic mass is 10.1. The van der Waals surface area contributed by atoms with Crippen molar-refractivity contribution in [3.05, 3.63) is 33.0 Å². The fourth-order valence-electron chi connectivity index (χ4n) is 3.61. The highest BCUT2D eigenvalue weighted by Crippen LogP contribution is 2.29. The molecule has 1 aliphatic carbocycles. The van der Waals surface area contributed by atoms with Crippen molar-refractivity contribution >= 4 is 17.2 Å². The number of rotatable bonds is 3. The second-order valence-electron chi connectivity index (χ2n) is 6.54. The first-order chi connectivity index (χ1) is 11.2. The maximum absolute atomic E-state index is 12.6. The molecule has 0 fully saturated rings. The Morgan fingerprint density at radius 2 is 2.09 bits per heavy atom. The van der Waals surface area contributed by atoms with Crippen LogP contribution >= 0.6 is 11.3 Å². The topological polar surface area (TPSA) is 59.8 Å². The van der Waals surface area contributed by atoms with E-state index in [9.17, 15) is 4.79 Å². The number of thiophene rings is 1. The van der Waals surface area contributed by atoms with Crippen LogP contribution in [-0.2, 0) is 25.8 Å². The third kappa shape index (κ3) is 2.80. The quantitative estimate of drug-likeness (QED) is 0.880. The molecule has 0 saturated heterocycles. The summed E-state index contributed by atoms with van der Waals surface area (Å²) in [5.41, 5.74) is 1.38. The molecule has 1 atom stereocenters. The molecule has 3 heterocycles. The molecule has 6 heteroatoms. The molecule has 2 aliphatic rings. The van der Waals surface area contributed by atoms with Crippen LogP contribution < -0.4 is 5.32 Å². The molecule has 0 bridgehead atoms. The van der Waals surface area contributed by atoms with Crippen molar-refractivity contribution in [2.75, 3.05) is 0 Å². The fraction of sp³-hybridized carbons (Fsp3) is 0.588. The smallest absolute Gasteiger partial charge is 0.261 e. The van der Waals surface area contributed by atoms with E-state index in [4.69, 9.17) is 0 Å². The van der Waals surface area contributed by atoms with Gasteiger partial charge in [0, 0.05) is 17.8 Å². The highest BCUT2D eigenvalue weighted by Gasteiger charge is 2.24. The molecular formula is C17H22N4OS. The van der Waals surface area contributed by atoms with Crippen molar-refractivity contribution in [1.82, 2.24) is 20.1 Å². The largest absolute Gasteiger partial charge is 0.342 e. The summed E-state index contributed by atoms with van der Waals surface area (Å²) in [6, 6.07) is 1.99. The van der Waals surface area contributed by atoms with Crippen LogP contribution in [-0.4, -0.2) is 20.7 Å². The van der Waals surface area contributed by atoms with Gasteiger partial charge in [0.2, 0.25) is 0 Å². The van der Waals surface area contributed by atoms with E-state index in [1.165, 1.54) is 29.7 Å². The Morgan fingerprint density at radius 1 is 1.22 bits per heavy atom. The number of aryl methyl sites for hydroxylation is 3. The van der Waals surface area contributed by atoms with E-state index >= 15 is 0 Å². The van der Waals surface area contributed by atoms with Crippen LogP contribution in [0, 0.1) is 0 Å². The summed E-state index contributed by atoms with van der Waals surface area (Å²) in [5.74, 6) is 1.94. The van der Waals surface area contributed by atoms with Gasteiger partial charge in [-0.15, -0.1) is 21.5 Å². The first kappa shape index (κ1) is 14.9. The van der Waals surface area contributed by atoms with Crippen molar-refractivity contribution in [1.29, 1.82) is 0 Å². The van der Waals surface area contributed by atoms with Crippen LogP contribution in [0.4, 0.5) is 0 Å². The summed E-state index contributed by atoms with van der Waals surface area (Å²) >= 11 is 1.67. The number of aromatic nitrogens is 3. The van der Waals surface area contributed by atoms with Crippen LogP contribution in [0.5, 0.6) is 0 Å². The summed E-state index contributed by atoms with van der Waals surface area (Å²) in [5, 5.41) is 11.6. The first-order valence-corrected chi connectivity index (χ1v) is 9.38. The molecule has 0 aromatic carbocycles. The van der Waals surface area contributed by atoms with Crippen LogP contribution in [0.3, 0.4) is 0 Å². The monoisotopic (exact) mass is 330 g/mol. The highest BCUT2D eigenvalue weighted by molar-refractivity contribution is 7.14. The lowest BCUT2D eigenvalue weighted by molar-refractivity contribution is 0.0941. The maximum Gasteiger partial charge on any atom is 0.261 e. The molecule has 1 N–H and O–H groups in total. The summed E-state index contributed by atoms with van der Waals surface area (Å²) in [4.78, 5) is 14.8. The molecule has 0 radical (unpaired) electrons. The first-order valence-electron chi connectivity index (χ1n) is 8.57. The Bertz CT molecular complexity index is 710. The Hall–Kier alpha value is -1.69. The molecule has 1 amide bonds. The second kappa shape index (κ2) is 6.07. The normalized spacial score (nSPS) is 18.1. The summed E-state index contributed by atoms with van der Waals surface area (Å²) in [7, 11) is 0. The number of nitrogens with one attached hydrogen (secondary N) is 1. The van der Waals surface area contributed by atoms with Gasteiger partial charge in [0.1, 0.15) is 5.82 Å². The van der Waals surface area contributed by atoms with Gasteiger partial charge in [0.05, 0.1) is 10.9 Å². The van der Waals surface area contributed by atoms with Crippen molar-refractivity contribution in [2.45, 2.75) is 64.5 Å². The third-order valence-electron chi connectivity index (χ3n) is 4.84. The molecule has 23 heavy (non-hydrogen) atoms. The van der Waals surface area contributed by atoms with Crippen molar-refractivity contribution in [2.24, 2.45) is 0 Å². The number of carbonyl (C=O) groups excluding carboxylic acids is 1. The zero-order valence-electron chi connectivity index (χ0n) is 13.5. The average molecular weight is 330 g/mol. The number of nitrogens with zero attached hydrogens (tertiary/aromatic N) is 3. The molecule has 1 unspecified atom stereocenters. The van der Waals surface area contributed by atoms with Crippen molar-refractivity contribution in [3.63, 3.8) is 0 Å². The average Bonchev–Trinajstić information content (AvgIpc) is 3.19. The van der Waals surface area contributed by atoms with Crippen LogP contribution in [0.1, 0.15) is 70.4 Å². The Kier molecular flexibility index (Phi) is 3.93. The maximum atomic E-state index is 12.6. The van der Waals surface area contributed by atoms with Gasteiger partial charge >= 0.3 is 0 Å². The van der Waals surface area contributed by atoms with E-state index in [1.807, 2.05) is 6.92 Å². The molecule has 0 spiro atoms. The Morgan fingerprint density at radius 3 is 3.00 bits per heavy atom. The SMILES string of the molecule is CC(NC(=O)c1cc2c(s1)CCCCC2)c1nnc2n1CCC2. The van der Waals surface area contributed by atoms with Gasteiger partial charge in [-0.05, 0) is 50.7 Å². The number of fused-ring (bicyclic) bond motifs is 2. The van der Waals surface area contributed by atoms with Gasteiger partial charge in [0.15, 0.2) is 5.82 Å². The van der Waals surface area contributed by atoms with Crippen LogP contribution in [0.15, 0.2) is 6.07 Å². The zero-order chi connectivity index (χ0) is 15.8. The fourth-order valence-corrected chi connectivity index (χ4v) is 4.76. The number of amides is 1. The van der Waals surface area contributed by atoms with Crippen molar-refractivity contribution in [3.8, 4) is 0 Å². The van der Waals surface area contributed by atoms with Crippen LogP contribution in [0.25, 0.3) is 0 Å². The lowest BCUT2D eigenvalue weighted by Gasteiger charge is -2.13. The standard InChI is InChI=1S/C17H22N4OS/c1-11(16-20-19-15-8-5-9-21(15)16)18-17(22)14-10-12-6-3-2-4-7-13(12)23-14/h10-11H,2-9H2,1H3,(H,18,22). The van der Waals surface area contributed by atoms with E-state index < -0.39 is 0 Å². The molecule has 2 aromatic heterocycles. The van der Waals surface area contributed by atoms with Gasteiger partial charge in [-0.1, -0.05) is 6.42 Å². The van der Waals surface area contributed by atoms with Gasteiger partial charge in [-0.25, -0.2) is 0 Å². The van der Waals surface area contributed by atoms with E-state index in [1.54, 1.807) is 11.3 Å². The predicted molar refractivity (Wildman–Crippen MR) is 89.8 cm³/mol. The Balaban J connectivity index is 1.49. The molecule has 1 aliphatic heterocycles. The van der Waals surface area contributed by atoms with Gasteiger partial charge in [-0.3, -0.25) is 4.79 Å². The highest BCUT2D eigenvalue weighted by atomic mass is 32.1. The van der Waals surface area contributed by atoms with E-state index in [-0.39, 0.29) is 11.9 Å². The lowest BCUT2D eigenvalue weighted by Crippen LogP contribution is -2.28. The third-order valence-corrected chi connectivity index (χ3v) is 6.08. The minimum atomic E-state index is -0.108. The molecule has 5 nitrogen and oxygen atoms in total. The van der Waals surface area contributed by atoms with Crippen LogP contribution in [0.2, 0.25) is 0 Å². The molecular weight excluding hydrogens is 308 g/mol. The molecule has 2 aromatic rings. The van der Waals surface area contributed by atoms with E-state index in [2.05, 4.69) is 26.1 Å². The second-order valence-corrected chi connectivity index (χ2v) is 7.68. The van der Waals surface area contributed by atoms with E-state index in [0.717, 1.165) is 48.8 Å². The summed E-state index contributed by atoms with van der Waals surface area (Å²) in [6.07, 6.45) is 8.15. The van der Waals surface area contributed by atoms with Crippen molar-refractivity contribution < 1.29 is 4.79 Å². The minimum Gasteiger partial charge on any atom is -0.342 e. The molecule has 4 rings (SSSR count). The molecule has 122 valence electrons. The van der Waals surface area contributed by atoms with Gasteiger partial charge in [0.25, 0.3) is 5.91 Å². The summed E-state index contributed by atoms with van der Waals surface area (Å²) < 4.78 is 2.15. The number of hydrogen-bond donors (Lipinski definition) is 1. The van der Waals surface area contributed by atoms with Gasteiger partial charge in [-0.2, -0.15) is 0 Å². The number of hydrogen-bond acceptors (Lipinski definition) is 4. The Labute approximate surface area is 140 Å². The number of carbonyl (C=O) groups is 1. The zero-order valence-corrected chi connectivity index (χ0v) is 14.3.